The summed E-state index contributed by atoms with van der Waals surface area (Å²) < 4.78 is 11.4. The SMILES string of the molecule is CCCCCCC(C)(C)c1cc(OC)c2cc(Cc3ccccc3)c(=O)oc2c1. The standard InChI is InChI=1S/C26H32O3/c1-5-6-7-11-14-26(2,3)21-17-23(28-4)22-16-20(25(27)29-24(22)18-21)15-19-12-9-8-10-13-19/h8-10,12-13,16-18H,5-7,11,14-15H2,1-4H3. The zero-order valence-electron chi connectivity index (χ0n) is 18.1. The number of benzene rings is 2. The van der Waals surface area contributed by atoms with Crippen LogP contribution in [-0.2, 0) is 11.8 Å². The van der Waals surface area contributed by atoms with Crippen LogP contribution in [-0.4, -0.2) is 7.11 Å². The molecule has 2 aromatic carbocycles. The van der Waals surface area contributed by atoms with Crippen LogP contribution in [0.1, 0.15) is 69.6 Å². The molecule has 154 valence electrons. The quantitative estimate of drug-likeness (QED) is 0.303. The average Bonchev–Trinajstić information content (AvgIpc) is 2.72. The second-order valence-electron chi connectivity index (χ2n) is 8.51. The van der Waals surface area contributed by atoms with Gasteiger partial charge in [-0.3, -0.25) is 0 Å². The number of fused-ring (bicyclic) bond motifs is 1. The van der Waals surface area contributed by atoms with Gasteiger partial charge < -0.3 is 9.15 Å². The summed E-state index contributed by atoms with van der Waals surface area (Å²) in [4.78, 5) is 12.6. The largest absolute Gasteiger partial charge is 0.496 e. The lowest BCUT2D eigenvalue weighted by atomic mass is 9.79. The predicted octanol–water partition coefficient (Wildman–Crippen LogP) is 6.64. The molecule has 0 N–H and O–H groups in total. The number of unbranched alkanes of at least 4 members (excludes halogenated alkanes) is 3. The van der Waals surface area contributed by atoms with E-state index < -0.39 is 0 Å². The molecule has 0 saturated carbocycles. The Morgan fingerprint density at radius 3 is 2.45 bits per heavy atom. The molecule has 0 aliphatic rings. The number of methoxy groups -OCH3 is 1. The van der Waals surface area contributed by atoms with Crippen LogP contribution in [0.5, 0.6) is 5.75 Å². The molecule has 0 amide bonds. The van der Waals surface area contributed by atoms with Crippen LogP contribution in [0.15, 0.2) is 57.7 Å². The van der Waals surface area contributed by atoms with E-state index in [2.05, 4.69) is 26.8 Å². The first-order valence-corrected chi connectivity index (χ1v) is 10.6. The van der Waals surface area contributed by atoms with Crippen LogP contribution in [0.4, 0.5) is 0 Å². The fraction of sp³-hybridized carbons (Fsp3) is 0.423. The Morgan fingerprint density at radius 1 is 1.00 bits per heavy atom. The molecule has 1 aromatic heterocycles. The summed E-state index contributed by atoms with van der Waals surface area (Å²) in [5.74, 6) is 0.761. The highest BCUT2D eigenvalue weighted by molar-refractivity contribution is 5.85. The van der Waals surface area contributed by atoms with Crippen molar-refractivity contribution in [3.05, 3.63) is 75.6 Å². The second-order valence-corrected chi connectivity index (χ2v) is 8.51. The Morgan fingerprint density at radius 2 is 1.76 bits per heavy atom. The Balaban J connectivity index is 1.96. The average molecular weight is 393 g/mol. The molecule has 0 radical (unpaired) electrons. The van der Waals surface area contributed by atoms with Crippen molar-refractivity contribution in [2.75, 3.05) is 7.11 Å². The van der Waals surface area contributed by atoms with Gasteiger partial charge >= 0.3 is 5.63 Å². The maximum atomic E-state index is 12.6. The normalized spacial score (nSPS) is 11.7. The zero-order chi connectivity index (χ0) is 20.9. The van der Waals surface area contributed by atoms with E-state index in [-0.39, 0.29) is 11.0 Å². The first-order valence-electron chi connectivity index (χ1n) is 10.6. The van der Waals surface area contributed by atoms with E-state index in [0.717, 1.165) is 28.7 Å². The summed E-state index contributed by atoms with van der Waals surface area (Å²) in [5, 5.41) is 0.851. The van der Waals surface area contributed by atoms with E-state index in [1.54, 1.807) is 7.11 Å². The number of ether oxygens (including phenoxy) is 1. The van der Waals surface area contributed by atoms with E-state index in [1.165, 1.54) is 25.7 Å². The third-order valence-electron chi connectivity index (χ3n) is 5.78. The van der Waals surface area contributed by atoms with Gasteiger partial charge in [0.15, 0.2) is 0 Å². The molecule has 29 heavy (non-hydrogen) atoms. The van der Waals surface area contributed by atoms with Crippen LogP contribution in [0.3, 0.4) is 0 Å². The minimum absolute atomic E-state index is 0.00348. The summed E-state index contributed by atoms with van der Waals surface area (Å²) >= 11 is 0. The molecular weight excluding hydrogens is 360 g/mol. The lowest BCUT2D eigenvalue weighted by Gasteiger charge is -2.26. The highest BCUT2D eigenvalue weighted by Crippen LogP contribution is 2.36. The van der Waals surface area contributed by atoms with Crippen molar-refractivity contribution in [2.45, 2.75) is 64.7 Å². The van der Waals surface area contributed by atoms with Crippen LogP contribution in [0.25, 0.3) is 11.0 Å². The highest BCUT2D eigenvalue weighted by Gasteiger charge is 2.23. The van der Waals surface area contributed by atoms with Gasteiger partial charge in [-0.2, -0.15) is 0 Å². The van der Waals surface area contributed by atoms with Crippen molar-refractivity contribution >= 4 is 11.0 Å². The van der Waals surface area contributed by atoms with Gasteiger partial charge in [0.05, 0.1) is 12.5 Å². The van der Waals surface area contributed by atoms with Gasteiger partial charge in [-0.1, -0.05) is 76.8 Å². The van der Waals surface area contributed by atoms with Gasteiger partial charge in [-0.15, -0.1) is 0 Å². The molecule has 0 aliphatic heterocycles. The number of hydrogen-bond acceptors (Lipinski definition) is 3. The lowest BCUT2D eigenvalue weighted by Crippen LogP contribution is -2.17. The smallest absolute Gasteiger partial charge is 0.339 e. The van der Waals surface area contributed by atoms with E-state index in [9.17, 15) is 4.79 Å². The fourth-order valence-electron chi connectivity index (χ4n) is 3.86. The first-order chi connectivity index (χ1) is 13.9. The van der Waals surface area contributed by atoms with Crippen molar-refractivity contribution in [3.8, 4) is 5.75 Å². The van der Waals surface area contributed by atoms with Crippen molar-refractivity contribution in [1.82, 2.24) is 0 Å². The Labute approximate surface area is 173 Å². The highest BCUT2D eigenvalue weighted by atomic mass is 16.5. The van der Waals surface area contributed by atoms with Crippen molar-refractivity contribution in [2.24, 2.45) is 0 Å². The minimum atomic E-state index is -0.277. The molecule has 0 bridgehead atoms. The Hall–Kier alpha value is -2.55. The molecule has 0 saturated heterocycles. The third kappa shape index (κ3) is 5.09. The van der Waals surface area contributed by atoms with Gasteiger partial charge in [0.25, 0.3) is 0 Å². The molecule has 0 aliphatic carbocycles. The summed E-state index contributed by atoms with van der Waals surface area (Å²) in [6.07, 6.45) is 6.60. The Kier molecular flexibility index (Phi) is 6.79. The molecule has 0 spiro atoms. The summed E-state index contributed by atoms with van der Waals surface area (Å²) in [7, 11) is 1.68. The minimum Gasteiger partial charge on any atom is -0.496 e. The van der Waals surface area contributed by atoms with Gasteiger partial charge in [0, 0.05) is 12.0 Å². The van der Waals surface area contributed by atoms with E-state index in [1.807, 2.05) is 42.5 Å². The second kappa shape index (κ2) is 9.30. The van der Waals surface area contributed by atoms with Crippen molar-refractivity contribution in [1.29, 1.82) is 0 Å². The number of hydrogen-bond donors (Lipinski definition) is 0. The van der Waals surface area contributed by atoms with Crippen molar-refractivity contribution < 1.29 is 9.15 Å². The molecule has 3 nitrogen and oxygen atoms in total. The summed E-state index contributed by atoms with van der Waals surface area (Å²) in [6, 6.07) is 16.0. The first kappa shape index (κ1) is 21.2. The molecule has 0 atom stereocenters. The van der Waals surface area contributed by atoms with E-state index >= 15 is 0 Å². The van der Waals surface area contributed by atoms with E-state index in [4.69, 9.17) is 9.15 Å². The van der Waals surface area contributed by atoms with Crippen molar-refractivity contribution in [3.63, 3.8) is 0 Å². The topological polar surface area (TPSA) is 39.4 Å². The molecular formula is C26H32O3. The van der Waals surface area contributed by atoms with Crippen LogP contribution in [0, 0.1) is 0 Å². The van der Waals surface area contributed by atoms with Gasteiger partial charge in [-0.05, 0) is 41.2 Å². The van der Waals surface area contributed by atoms with Crippen LogP contribution in [0.2, 0.25) is 0 Å². The monoisotopic (exact) mass is 392 g/mol. The molecule has 0 unspecified atom stereocenters. The maximum Gasteiger partial charge on any atom is 0.339 e. The lowest BCUT2D eigenvalue weighted by molar-refractivity contribution is 0.410. The van der Waals surface area contributed by atoms with Gasteiger partial charge in [0.2, 0.25) is 0 Å². The predicted molar refractivity (Wildman–Crippen MR) is 120 cm³/mol. The van der Waals surface area contributed by atoms with E-state index in [0.29, 0.717) is 17.6 Å². The van der Waals surface area contributed by atoms with Crippen LogP contribution >= 0.6 is 0 Å². The summed E-state index contributed by atoms with van der Waals surface area (Å²) in [5.41, 5.74) is 3.20. The summed E-state index contributed by atoms with van der Waals surface area (Å²) in [6.45, 7) is 6.73. The molecule has 0 fully saturated rings. The maximum absolute atomic E-state index is 12.6. The molecule has 1 heterocycles. The van der Waals surface area contributed by atoms with Crippen LogP contribution < -0.4 is 10.4 Å². The fourth-order valence-corrected chi connectivity index (χ4v) is 3.86. The molecule has 3 rings (SSSR count). The van der Waals surface area contributed by atoms with Gasteiger partial charge in [0.1, 0.15) is 11.3 Å². The molecule has 3 aromatic rings. The number of rotatable bonds is 9. The Bertz CT molecular complexity index is 1000. The zero-order valence-corrected chi connectivity index (χ0v) is 18.1. The van der Waals surface area contributed by atoms with Gasteiger partial charge in [-0.25, -0.2) is 4.79 Å². The molecule has 3 heteroatoms. The third-order valence-corrected chi connectivity index (χ3v) is 5.78.